The molecule has 0 bridgehead atoms. The molecule has 334 valence electrons. The minimum atomic E-state index is -1.99. The summed E-state index contributed by atoms with van der Waals surface area (Å²) >= 11 is 0. The number of phenols is 3. The largest absolute Gasteiger partial charge is 0.508 e. The Morgan fingerprint density at radius 1 is 0.790 bits per heavy atom. The number of carbonyl (C=O) groups excluding carboxylic acids is 2. The van der Waals surface area contributed by atoms with E-state index in [4.69, 9.17) is 47.0 Å². The van der Waals surface area contributed by atoms with Gasteiger partial charge >= 0.3 is 11.9 Å². The van der Waals surface area contributed by atoms with Gasteiger partial charge < -0.3 is 82.8 Å². The van der Waals surface area contributed by atoms with Crippen LogP contribution in [0.3, 0.4) is 0 Å². The van der Waals surface area contributed by atoms with E-state index in [1.165, 1.54) is 65.5 Å². The normalized spacial score (nSPS) is 26.4. The number of aliphatic hydroxyl groups excluding tert-OH is 4. The molecule has 0 aliphatic carbocycles. The highest BCUT2D eigenvalue weighted by molar-refractivity contribution is 5.93. The smallest absolute Gasteiger partial charge is 0.334 e. The Morgan fingerprint density at radius 3 is 2.05 bits per heavy atom. The molecule has 20 heteroatoms. The molecule has 0 amide bonds. The van der Waals surface area contributed by atoms with E-state index in [0.29, 0.717) is 11.3 Å². The van der Waals surface area contributed by atoms with Crippen molar-refractivity contribution in [2.75, 3.05) is 27.9 Å². The van der Waals surface area contributed by atoms with E-state index in [-0.39, 0.29) is 39.7 Å². The lowest BCUT2D eigenvalue weighted by molar-refractivity contribution is -0.355. The minimum Gasteiger partial charge on any atom is -0.508 e. The molecule has 2 saturated heterocycles. The van der Waals surface area contributed by atoms with E-state index in [1.54, 1.807) is 12.1 Å². The van der Waals surface area contributed by atoms with Crippen LogP contribution in [0, 0.1) is 0 Å². The van der Waals surface area contributed by atoms with Crippen LogP contribution in [0.4, 0.5) is 0 Å². The van der Waals surface area contributed by atoms with Gasteiger partial charge in [0, 0.05) is 30.2 Å². The van der Waals surface area contributed by atoms with Crippen molar-refractivity contribution in [3.63, 3.8) is 0 Å². The molecule has 20 nitrogen and oxygen atoms in total. The Hall–Kier alpha value is -6.13. The quantitative estimate of drug-likeness (QED) is 0.0745. The molecule has 0 saturated carbocycles. The number of ether oxygens (including phenoxy) is 9. The molecule has 0 spiro atoms. The zero-order valence-corrected chi connectivity index (χ0v) is 34.1. The lowest BCUT2D eigenvalue weighted by Gasteiger charge is -2.46. The standard InChI is InChI=1S/C42H46O20/c1-17(11-20-12-26(54-5)30(46)27(13-20)55-6)40(52)60-36-18(2)57-41(35(51)34(36)50)62-39-33(49)31(47)28(16-56-19(3)43)59-42(39)61-38-32(48)29-24(45)14-22(44)15-25(29)58-37(38)21-7-9-23(53-4)10-8-21/h7-15,18,28,31,33-36,39,41-42,44-47,49-51H,16H2,1-6H3. The topological polar surface area (TPSA) is 289 Å². The lowest BCUT2D eigenvalue weighted by atomic mass is 9.97. The SMILES string of the molecule is COc1ccc(-c2oc3cc(O)cc(O)c3c(=O)c2OC2OC(COC(C)=O)C(O)C(O)C2OC2OC(C)C(OC(=O)C(C)=Cc3cc(OC)c(O)c(OC)c3)C(O)C2O)cc1. The van der Waals surface area contributed by atoms with Gasteiger partial charge in [-0.1, -0.05) is 0 Å². The molecule has 2 aliphatic heterocycles. The average Bonchev–Trinajstić information content (AvgIpc) is 3.24. The van der Waals surface area contributed by atoms with Crippen LogP contribution in [0.25, 0.3) is 28.4 Å². The number of aliphatic hydroxyl groups is 4. The Balaban J connectivity index is 1.30. The van der Waals surface area contributed by atoms with Gasteiger partial charge in [-0.05, 0) is 61.9 Å². The summed E-state index contributed by atoms with van der Waals surface area (Å²) < 4.78 is 56.1. The fraction of sp³-hybridized carbons (Fsp3) is 0.405. The zero-order chi connectivity index (χ0) is 45.2. The van der Waals surface area contributed by atoms with Crippen molar-refractivity contribution in [3.05, 3.63) is 69.9 Å². The minimum absolute atomic E-state index is 0.0316. The number of benzene rings is 3. The Bertz CT molecular complexity index is 2330. The predicted octanol–water partition coefficient (Wildman–Crippen LogP) is 1.86. The Kier molecular flexibility index (Phi) is 13.8. The van der Waals surface area contributed by atoms with Gasteiger partial charge in [0.25, 0.3) is 0 Å². The number of carbonyl (C=O) groups is 2. The van der Waals surface area contributed by atoms with Crippen LogP contribution in [0.15, 0.2) is 63.3 Å². The van der Waals surface area contributed by atoms with Gasteiger partial charge in [-0.3, -0.25) is 9.59 Å². The number of rotatable bonds is 13. The van der Waals surface area contributed by atoms with Crippen molar-refractivity contribution >= 4 is 29.0 Å². The second-order valence-electron chi connectivity index (χ2n) is 14.4. The number of phenolic OH excluding ortho intramolecular Hbond substituents is 3. The van der Waals surface area contributed by atoms with Gasteiger partial charge in [0.2, 0.25) is 23.2 Å². The van der Waals surface area contributed by atoms with E-state index < -0.39 is 108 Å². The van der Waals surface area contributed by atoms with Crippen LogP contribution in [0.5, 0.6) is 40.2 Å². The van der Waals surface area contributed by atoms with Gasteiger partial charge in [-0.2, -0.15) is 0 Å². The molecular formula is C42H46O20. The summed E-state index contributed by atoms with van der Waals surface area (Å²) in [5.74, 6) is -3.33. The molecule has 62 heavy (non-hydrogen) atoms. The maximum Gasteiger partial charge on any atom is 0.334 e. The first kappa shape index (κ1) is 45.4. The van der Waals surface area contributed by atoms with Gasteiger partial charge in [0.05, 0.1) is 27.4 Å². The molecule has 3 aromatic carbocycles. The molecule has 2 fully saturated rings. The summed E-state index contributed by atoms with van der Waals surface area (Å²) in [6, 6.07) is 11.0. The van der Waals surface area contributed by atoms with E-state index in [1.807, 2.05) is 0 Å². The summed E-state index contributed by atoms with van der Waals surface area (Å²) in [7, 11) is 4.10. The molecule has 7 N–H and O–H groups in total. The van der Waals surface area contributed by atoms with E-state index in [0.717, 1.165) is 19.1 Å². The van der Waals surface area contributed by atoms with E-state index >= 15 is 0 Å². The fourth-order valence-corrected chi connectivity index (χ4v) is 6.86. The Morgan fingerprint density at radius 2 is 1.44 bits per heavy atom. The van der Waals surface area contributed by atoms with E-state index in [2.05, 4.69) is 0 Å². The summed E-state index contributed by atoms with van der Waals surface area (Å²) in [6.45, 7) is 3.31. The lowest BCUT2D eigenvalue weighted by Crippen LogP contribution is -2.65. The third kappa shape index (κ3) is 9.36. The highest BCUT2D eigenvalue weighted by Crippen LogP contribution is 2.40. The number of aromatic hydroxyl groups is 3. The number of hydrogen-bond donors (Lipinski definition) is 7. The highest BCUT2D eigenvalue weighted by atomic mass is 16.8. The van der Waals surface area contributed by atoms with Crippen molar-refractivity contribution < 1.29 is 92.4 Å². The number of esters is 2. The second kappa shape index (κ2) is 18.9. The summed E-state index contributed by atoms with van der Waals surface area (Å²) in [4.78, 5) is 39.1. The third-order valence-electron chi connectivity index (χ3n) is 10.1. The average molecular weight is 871 g/mol. The molecule has 6 rings (SSSR count). The van der Waals surface area contributed by atoms with Crippen molar-refractivity contribution in [1.29, 1.82) is 0 Å². The predicted molar refractivity (Wildman–Crippen MR) is 212 cm³/mol. The van der Waals surface area contributed by atoms with E-state index in [9.17, 15) is 50.1 Å². The summed E-state index contributed by atoms with van der Waals surface area (Å²) in [5.41, 5.74) is -0.573. The van der Waals surface area contributed by atoms with Crippen molar-refractivity contribution in [3.8, 4) is 51.6 Å². The van der Waals surface area contributed by atoms with Gasteiger partial charge in [0.1, 0.15) is 65.3 Å². The summed E-state index contributed by atoms with van der Waals surface area (Å²) in [6.07, 6.45) is -16.1. The molecule has 1 aromatic heterocycles. The fourth-order valence-electron chi connectivity index (χ4n) is 6.86. The molecule has 2 aliphatic rings. The van der Waals surface area contributed by atoms with Crippen LogP contribution in [0.1, 0.15) is 26.3 Å². The number of fused-ring (bicyclic) bond motifs is 1. The molecule has 10 atom stereocenters. The van der Waals surface area contributed by atoms with Crippen LogP contribution >= 0.6 is 0 Å². The molecule has 4 aromatic rings. The monoisotopic (exact) mass is 870 g/mol. The number of methoxy groups -OCH3 is 3. The second-order valence-corrected chi connectivity index (χ2v) is 14.4. The molecule has 3 heterocycles. The molecular weight excluding hydrogens is 824 g/mol. The summed E-state index contributed by atoms with van der Waals surface area (Å²) in [5, 5.41) is 75.9. The highest BCUT2D eigenvalue weighted by Gasteiger charge is 2.52. The van der Waals surface area contributed by atoms with Gasteiger partial charge in [-0.15, -0.1) is 0 Å². The first-order valence-electron chi connectivity index (χ1n) is 19.0. The van der Waals surface area contributed by atoms with Gasteiger partial charge in [0.15, 0.2) is 35.8 Å². The van der Waals surface area contributed by atoms with Crippen molar-refractivity contribution in [2.24, 2.45) is 0 Å². The van der Waals surface area contributed by atoms with Crippen LogP contribution < -0.4 is 24.4 Å². The van der Waals surface area contributed by atoms with Gasteiger partial charge in [-0.25, -0.2) is 4.79 Å². The van der Waals surface area contributed by atoms with Crippen molar-refractivity contribution in [2.45, 2.75) is 82.2 Å². The van der Waals surface area contributed by atoms with Crippen LogP contribution in [-0.2, 0) is 33.3 Å². The maximum atomic E-state index is 14.2. The van der Waals surface area contributed by atoms with Crippen molar-refractivity contribution in [1.82, 2.24) is 0 Å². The molecule has 10 unspecified atom stereocenters. The maximum absolute atomic E-state index is 14.2. The third-order valence-corrected chi connectivity index (χ3v) is 10.1. The molecule has 0 radical (unpaired) electrons. The van der Waals surface area contributed by atoms with Crippen LogP contribution in [-0.4, -0.2) is 137 Å². The zero-order valence-electron chi connectivity index (χ0n) is 34.1. The first-order chi connectivity index (χ1) is 29.4. The Labute approximate surface area is 352 Å². The number of hydrogen-bond acceptors (Lipinski definition) is 20. The van der Waals surface area contributed by atoms with Crippen LogP contribution in [0.2, 0.25) is 0 Å². The first-order valence-corrected chi connectivity index (χ1v) is 19.0.